The summed E-state index contributed by atoms with van der Waals surface area (Å²) in [6, 6.07) is 12.6. The van der Waals surface area contributed by atoms with E-state index in [1.165, 1.54) is 12.1 Å². The number of amides is 1. The maximum Gasteiger partial charge on any atom is 0.490 e. The van der Waals surface area contributed by atoms with Crippen molar-refractivity contribution < 1.29 is 37.1 Å². The Morgan fingerprint density at radius 1 is 1.06 bits per heavy atom. The van der Waals surface area contributed by atoms with Crippen LogP contribution in [-0.4, -0.2) is 50.4 Å². The zero-order valence-corrected chi connectivity index (χ0v) is 17.1. The lowest BCUT2D eigenvalue weighted by Gasteiger charge is -2.34. The summed E-state index contributed by atoms with van der Waals surface area (Å²) in [6.45, 7) is 0.507. The van der Waals surface area contributed by atoms with Gasteiger partial charge in [0.05, 0.1) is 17.1 Å². The number of imidazole rings is 1. The smallest absolute Gasteiger partial charge is 0.475 e. The Morgan fingerprint density at radius 2 is 1.73 bits per heavy atom. The molecule has 0 saturated carbocycles. The lowest BCUT2D eigenvalue weighted by molar-refractivity contribution is -0.192. The third-order valence-corrected chi connectivity index (χ3v) is 5.01. The summed E-state index contributed by atoms with van der Waals surface area (Å²) in [4.78, 5) is 43.5. The molecular formula is C22H19F4N3O4. The van der Waals surface area contributed by atoms with Crippen LogP contribution in [0.3, 0.4) is 0 Å². The van der Waals surface area contributed by atoms with Crippen molar-refractivity contribution in [1.82, 2.24) is 14.9 Å². The van der Waals surface area contributed by atoms with Gasteiger partial charge in [-0.3, -0.25) is 9.59 Å². The molecule has 7 nitrogen and oxygen atoms in total. The van der Waals surface area contributed by atoms with Crippen molar-refractivity contribution in [3.63, 3.8) is 0 Å². The summed E-state index contributed by atoms with van der Waals surface area (Å²) in [7, 11) is 0. The van der Waals surface area contributed by atoms with Crippen molar-refractivity contribution in [2.75, 3.05) is 6.54 Å². The third-order valence-electron chi connectivity index (χ3n) is 5.01. The molecule has 2 aromatic carbocycles. The molecule has 2 heterocycles. The summed E-state index contributed by atoms with van der Waals surface area (Å²) in [5.74, 6) is -3.54. The summed E-state index contributed by atoms with van der Waals surface area (Å²) in [5.41, 5.74) is 1.62. The number of piperidine rings is 1. The molecule has 11 heteroatoms. The van der Waals surface area contributed by atoms with E-state index in [1.54, 1.807) is 41.3 Å². The van der Waals surface area contributed by atoms with E-state index in [4.69, 9.17) is 9.90 Å². The zero-order valence-electron chi connectivity index (χ0n) is 17.1. The number of likely N-dealkylation sites (tertiary alicyclic amines) is 1. The van der Waals surface area contributed by atoms with Gasteiger partial charge < -0.3 is 15.0 Å². The van der Waals surface area contributed by atoms with Gasteiger partial charge >= 0.3 is 12.1 Å². The summed E-state index contributed by atoms with van der Waals surface area (Å²) in [5, 5.41) is 7.12. The van der Waals surface area contributed by atoms with Gasteiger partial charge in [0.15, 0.2) is 0 Å². The van der Waals surface area contributed by atoms with Crippen molar-refractivity contribution in [3.8, 4) is 0 Å². The number of nitrogens with one attached hydrogen (secondary N) is 1. The molecule has 0 bridgehead atoms. The second-order valence-corrected chi connectivity index (χ2v) is 7.29. The molecule has 1 unspecified atom stereocenters. The van der Waals surface area contributed by atoms with Gasteiger partial charge in [0.2, 0.25) is 5.78 Å². The van der Waals surface area contributed by atoms with Gasteiger partial charge in [-0.15, -0.1) is 0 Å². The minimum Gasteiger partial charge on any atom is -0.475 e. The average molecular weight is 465 g/mol. The number of benzene rings is 2. The van der Waals surface area contributed by atoms with Crippen molar-refractivity contribution in [2.45, 2.75) is 31.5 Å². The first-order chi connectivity index (χ1) is 15.6. The molecule has 1 amide bonds. The number of rotatable bonds is 3. The molecule has 1 aliphatic heterocycles. The molecule has 174 valence electrons. The molecule has 2 N–H and O–H groups in total. The van der Waals surface area contributed by atoms with Crippen LogP contribution in [0.2, 0.25) is 0 Å². The summed E-state index contributed by atoms with van der Waals surface area (Å²) in [6.07, 6.45) is -2.57. The minimum absolute atomic E-state index is 0.306. The number of aliphatic carboxylic acids is 1. The van der Waals surface area contributed by atoms with E-state index < -0.39 is 23.8 Å². The number of ketones is 1. The Hall–Kier alpha value is -3.76. The number of aromatic amines is 1. The van der Waals surface area contributed by atoms with Gasteiger partial charge in [0, 0.05) is 12.1 Å². The van der Waals surface area contributed by atoms with Crippen molar-refractivity contribution >= 4 is 28.7 Å². The number of hydrogen-bond acceptors (Lipinski definition) is 4. The van der Waals surface area contributed by atoms with Gasteiger partial charge in [0.25, 0.3) is 5.91 Å². The van der Waals surface area contributed by atoms with Crippen LogP contribution in [0.1, 0.15) is 41.5 Å². The predicted molar refractivity (Wildman–Crippen MR) is 109 cm³/mol. The maximum atomic E-state index is 13.4. The lowest BCUT2D eigenvalue weighted by Crippen LogP contribution is -2.42. The van der Waals surface area contributed by atoms with Crippen LogP contribution in [0, 0.1) is 5.82 Å². The number of carbonyl (C=O) groups is 3. The average Bonchev–Trinajstić information content (AvgIpc) is 3.21. The highest BCUT2D eigenvalue weighted by Crippen LogP contribution is 2.31. The molecule has 0 aliphatic carbocycles. The van der Waals surface area contributed by atoms with E-state index in [2.05, 4.69) is 9.97 Å². The lowest BCUT2D eigenvalue weighted by atomic mass is 10.00. The van der Waals surface area contributed by atoms with Crippen molar-refractivity contribution in [3.05, 3.63) is 65.7 Å². The number of hydrogen-bond donors (Lipinski definition) is 2. The number of Topliss-reactive ketones (excluding diaryl/α,β-unsaturated/α-hetero) is 1. The van der Waals surface area contributed by atoms with Gasteiger partial charge in [-0.25, -0.2) is 14.2 Å². The first-order valence-corrected chi connectivity index (χ1v) is 9.93. The molecule has 0 radical (unpaired) electrons. The van der Waals surface area contributed by atoms with Crippen LogP contribution in [0.25, 0.3) is 11.0 Å². The van der Waals surface area contributed by atoms with Gasteiger partial charge in [-0.05, 0) is 37.5 Å². The zero-order chi connectivity index (χ0) is 24.2. The highest BCUT2D eigenvalue weighted by Gasteiger charge is 2.38. The minimum atomic E-state index is -5.08. The number of aromatic nitrogens is 2. The number of carbonyl (C=O) groups excluding carboxylic acids is 2. The summed E-state index contributed by atoms with van der Waals surface area (Å²) >= 11 is 0. The Morgan fingerprint density at radius 3 is 2.36 bits per heavy atom. The van der Waals surface area contributed by atoms with Crippen LogP contribution in [0.4, 0.5) is 17.6 Å². The first-order valence-electron chi connectivity index (χ1n) is 9.93. The van der Waals surface area contributed by atoms with E-state index in [0.29, 0.717) is 29.0 Å². The second kappa shape index (κ2) is 9.80. The Labute approximate surface area is 185 Å². The van der Waals surface area contributed by atoms with E-state index in [9.17, 15) is 27.2 Å². The monoisotopic (exact) mass is 465 g/mol. The quantitative estimate of drug-likeness (QED) is 0.342. The van der Waals surface area contributed by atoms with Crippen molar-refractivity contribution in [2.24, 2.45) is 0 Å². The topological polar surface area (TPSA) is 103 Å². The highest BCUT2D eigenvalue weighted by molar-refractivity contribution is 6.42. The molecule has 1 aliphatic rings. The Kier molecular flexibility index (Phi) is 7.10. The van der Waals surface area contributed by atoms with E-state index in [-0.39, 0.29) is 11.9 Å². The van der Waals surface area contributed by atoms with Crippen molar-refractivity contribution in [1.29, 1.82) is 0 Å². The number of halogens is 4. The number of fused-ring (bicyclic) bond motifs is 1. The molecule has 1 aromatic heterocycles. The molecule has 1 atom stereocenters. The van der Waals surface area contributed by atoms with Gasteiger partial charge in [-0.1, -0.05) is 30.3 Å². The molecule has 33 heavy (non-hydrogen) atoms. The maximum absolute atomic E-state index is 13.4. The number of alkyl halides is 3. The molecule has 0 spiro atoms. The largest absolute Gasteiger partial charge is 0.490 e. The normalized spacial score (nSPS) is 16.1. The molecule has 1 fully saturated rings. The molecule has 4 rings (SSSR count). The summed E-state index contributed by atoms with van der Waals surface area (Å²) < 4.78 is 45.2. The van der Waals surface area contributed by atoms with E-state index in [0.717, 1.165) is 19.3 Å². The number of carboxylic acid groups (broad SMARTS) is 1. The molecular weight excluding hydrogens is 446 g/mol. The van der Waals surface area contributed by atoms with Crippen LogP contribution < -0.4 is 0 Å². The third kappa shape index (κ3) is 5.73. The van der Waals surface area contributed by atoms with Crippen LogP contribution in [-0.2, 0) is 9.59 Å². The van der Waals surface area contributed by atoms with Crippen LogP contribution in [0.5, 0.6) is 0 Å². The fraction of sp³-hybridized carbons (Fsp3) is 0.273. The standard InChI is InChI=1S/C20H18FN3O2.C2HF3O2/c21-14-9-10-15-16(12-14)23-19(22-15)17-8-4-5-11-24(17)20(26)18(25)13-6-2-1-3-7-13;3-2(4,5)1(6)7/h1-3,6-7,9-10,12,17H,4-5,8,11H2,(H,22,23);(H,6,7). The number of carboxylic acids is 1. The number of H-pyrrole nitrogens is 1. The SMILES string of the molecule is O=C(C(=O)N1CCCCC1c1nc2ccc(F)cc2[nH]1)c1ccccc1.O=C(O)C(F)(F)F. The molecule has 1 saturated heterocycles. The first kappa shape index (κ1) is 23.9. The predicted octanol–water partition coefficient (Wildman–Crippen LogP) is 4.27. The highest BCUT2D eigenvalue weighted by atomic mass is 19.4. The Balaban J connectivity index is 0.000000383. The van der Waals surface area contributed by atoms with E-state index >= 15 is 0 Å². The van der Waals surface area contributed by atoms with Crippen LogP contribution >= 0.6 is 0 Å². The second-order valence-electron chi connectivity index (χ2n) is 7.29. The van der Waals surface area contributed by atoms with E-state index in [1.807, 2.05) is 0 Å². The van der Waals surface area contributed by atoms with Gasteiger partial charge in [0.1, 0.15) is 11.6 Å². The fourth-order valence-corrected chi connectivity index (χ4v) is 3.46. The van der Waals surface area contributed by atoms with Crippen LogP contribution in [0.15, 0.2) is 48.5 Å². The Bertz CT molecular complexity index is 1160. The molecule has 3 aromatic rings. The number of nitrogens with zero attached hydrogens (tertiary/aromatic N) is 2. The fourth-order valence-electron chi connectivity index (χ4n) is 3.46. The van der Waals surface area contributed by atoms with Gasteiger partial charge in [-0.2, -0.15) is 13.2 Å².